The lowest BCUT2D eigenvalue weighted by atomic mass is 10.1. The van der Waals surface area contributed by atoms with Gasteiger partial charge in [-0.15, -0.1) is 0 Å². The van der Waals surface area contributed by atoms with Crippen LogP contribution in [-0.4, -0.2) is 23.0 Å². The summed E-state index contributed by atoms with van der Waals surface area (Å²) in [4.78, 5) is 18.0. The normalized spacial score (nSPS) is 11.8. The molecule has 0 aliphatic rings. The van der Waals surface area contributed by atoms with Gasteiger partial charge in [-0.2, -0.15) is 22.9 Å². The average Bonchev–Trinajstić information content (AvgIpc) is 2.97. The lowest BCUT2D eigenvalue weighted by Gasteiger charge is -2.16. The zero-order valence-electron chi connectivity index (χ0n) is 21.6. The van der Waals surface area contributed by atoms with E-state index in [-0.39, 0.29) is 23.4 Å². The number of halogens is 6. The van der Waals surface area contributed by atoms with Crippen molar-refractivity contribution in [2.24, 2.45) is 5.10 Å². The van der Waals surface area contributed by atoms with E-state index in [1.807, 2.05) is 0 Å². The first-order valence-corrected chi connectivity index (χ1v) is 13.8. The molecule has 214 valence electrons. The Morgan fingerprint density at radius 3 is 2.48 bits per heavy atom. The van der Waals surface area contributed by atoms with Gasteiger partial charge in [-0.3, -0.25) is 4.79 Å². The molecule has 12 heteroatoms. The zero-order valence-corrected chi connectivity index (χ0v) is 24.8. The molecule has 1 heterocycles. The smallest absolute Gasteiger partial charge is 0.416 e. The number of alkyl halides is 3. The van der Waals surface area contributed by atoms with Gasteiger partial charge in [0, 0.05) is 15.6 Å². The van der Waals surface area contributed by atoms with Crippen molar-refractivity contribution in [3.8, 4) is 22.9 Å². The standard InChI is InChI=1S/C30H19Br2F4N3O3/c1-41-24-14-19(25(31)26(32)27(24)42-16-17-6-4-9-21(33)12-17)15-37-39-28(18-7-5-8-20(13-18)30(34,35)36)38-23-11-3-2-10-22(23)29(39)40/h2-15H,16H2,1H3. The summed E-state index contributed by atoms with van der Waals surface area (Å²) < 4.78 is 67.3. The first-order chi connectivity index (χ1) is 20.1. The fraction of sp³-hybridized carbons (Fsp3) is 0.100. The maximum atomic E-state index is 13.6. The van der Waals surface area contributed by atoms with Gasteiger partial charge >= 0.3 is 6.18 Å². The lowest BCUT2D eigenvalue weighted by molar-refractivity contribution is -0.137. The molecule has 6 nitrogen and oxygen atoms in total. The minimum atomic E-state index is -4.59. The lowest BCUT2D eigenvalue weighted by Crippen LogP contribution is -2.20. The largest absolute Gasteiger partial charge is 0.493 e. The van der Waals surface area contributed by atoms with Crippen LogP contribution >= 0.6 is 31.9 Å². The molecule has 0 N–H and O–H groups in total. The molecule has 0 bridgehead atoms. The summed E-state index contributed by atoms with van der Waals surface area (Å²) in [7, 11) is 1.44. The van der Waals surface area contributed by atoms with E-state index in [0.29, 0.717) is 37.1 Å². The van der Waals surface area contributed by atoms with Gasteiger partial charge in [-0.05, 0) is 79.9 Å². The summed E-state index contributed by atoms with van der Waals surface area (Å²) in [6.45, 7) is 0.0606. The van der Waals surface area contributed by atoms with Crippen LogP contribution in [0.2, 0.25) is 0 Å². The SMILES string of the molecule is COc1cc(C=Nn2c(-c3cccc(C(F)(F)F)c3)nc3ccccc3c2=O)c(Br)c(Br)c1OCc1cccc(F)c1. The molecule has 0 aliphatic heterocycles. The maximum Gasteiger partial charge on any atom is 0.416 e. The van der Waals surface area contributed by atoms with Gasteiger partial charge in [0.15, 0.2) is 17.3 Å². The second kappa shape index (κ2) is 12.1. The van der Waals surface area contributed by atoms with E-state index in [9.17, 15) is 22.4 Å². The predicted octanol–water partition coefficient (Wildman–Crippen LogP) is 8.22. The fourth-order valence-electron chi connectivity index (χ4n) is 4.14. The summed E-state index contributed by atoms with van der Waals surface area (Å²) >= 11 is 6.98. The Bertz CT molecular complexity index is 1890. The van der Waals surface area contributed by atoms with Gasteiger partial charge in [0.2, 0.25) is 0 Å². The van der Waals surface area contributed by atoms with Gasteiger partial charge in [-0.1, -0.05) is 36.4 Å². The molecule has 0 unspecified atom stereocenters. The van der Waals surface area contributed by atoms with Crippen molar-refractivity contribution in [3.05, 3.63) is 121 Å². The third-order valence-corrected chi connectivity index (χ3v) is 8.31. The van der Waals surface area contributed by atoms with Crippen LogP contribution in [0.15, 0.2) is 97.7 Å². The first kappa shape index (κ1) is 29.5. The first-order valence-electron chi connectivity index (χ1n) is 12.2. The summed E-state index contributed by atoms with van der Waals surface area (Å²) in [6, 6.07) is 18.6. The van der Waals surface area contributed by atoms with E-state index in [4.69, 9.17) is 9.47 Å². The quantitative estimate of drug-likeness (QED) is 0.127. The number of aromatic nitrogens is 2. The number of rotatable bonds is 7. The van der Waals surface area contributed by atoms with Crippen LogP contribution in [-0.2, 0) is 12.8 Å². The number of fused-ring (bicyclic) bond motifs is 1. The van der Waals surface area contributed by atoms with Crippen LogP contribution in [0.25, 0.3) is 22.3 Å². The van der Waals surface area contributed by atoms with Crippen molar-refractivity contribution in [3.63, 3.8) is 0 Å². The van der Waals surface area contributed by atoms with Crippen molar-refractivity contribution >= 4 is 49.0 Å². The molecule has 42 heavy (non-hydrogen) atoms. The highest BCUT2D eigenvalue weighted by Gasteiger charge is 2.31. The topological polar surface area (TPSA) is 65.7 Å². The van der Waals surface area contributed by atoms with E-state index < -0.39 is 23.1 Å². The number of hydrogen-bond acceptors (Lipinski definition) is 5. The molecule has 5 rings (SSSR count). The summed E-state index contributed by atoms with van der Waals surface area (Å²) in [5.41, 5.74) is -0.0250. The summed E-state index contributed by atoms with van der Waals surface area (Å²) in [5.74, 6) is 0.182. The summed E-state index contributed by atoms with van der Waals surface area (Å²) in [6.07, 6.45) is -3.24. The molecule has 0 fully saturated rings. The molecule has 0 amide bonds. The van der Waals surface area contributed by atoms with Crippen LogP contribution in [0, 0.1) is 5.82 Å². The second-order valence-electron chi connectivity index (χ2n) is 8.94. The number of nitrogens with zero attached hydrogens (tertiary/aromatic N) is 3. The third-order valence-electron chi connectivity index (χ3n) is 6.16. The van der Waals surface area contributed by atoms with Crippen molar-refractivity contribution in [2.45, 2.75) is 12.8 Å². The monoisotopic (exact) mass is 703 g/mol. The summed E-state index contributed by atoms with van der Waals surface area (Å²) in [5, 5.41) is 4.59. The van der Waals surface area contributed by atoms with Crippen molar-refractivity contribution in [1.82, 2.24) is 9.66 Å². The van der Waals surface area contributed by atoms with Crippen LogP contribution in [0.4, 0.5) is 17.6 Å². The highest BCUT2D eigenvalue weighted by Crippen LogP contribution is 2.42. The van der Waals surface area contributed by atoms with E-state index in [1.165, 1.54) is 37.6 Å². The van der Waals surface area contributed by atoms with Crippen molar-refractivity contribution in [2.75, 3.05) is 7.11 Å². The van der Waals surface area contributed by atoms with Gasteiger partial charge in [-0.25, -0.2) is 9.37 Å². The van der Waals surface area contributed by atoms with Gasteiger partial charge in [0.1, 0.15) is 12.4 Å². The number of ether oxygens (including phenoxy) is 2. The molecule has 0 atom stereocenters. The van der Waals surface area contributed by atoms with E-state index in [1.54, 1.807) is 42.5 Å². The molecular formula is C30H19Br2F4N3O3. The Labute approximate surface area is 253 Å². The molecule has 0 spiro atoms. The molecule has 0 aliphatic carbocycles. The molecule has 0 saturated heterocycles. The van der Waals surface area contributed by atoms with E-state index >= 15 is 0 Å². The van der Waals surface area contributed by atoms with Crippen LogP contribution < -0.4 is 15.0 Å². The average molecular weight is 705 g/mol. The Kier molecular flexibility index (Phi) is 8.46. The fourth-order valence-corrected chi connectivity index (χ4v) is 5.07. The van der Waals surface area contributed by atoms with Crippen LogP contribution in [0.1, 0.15) is 16.7 Å². The van der Waals surface area contributed by atoms with Crippen LogP contribution in [0.5, 0.6) is 11.5 Å². The molecular weight excluding hydrogens is 686 g/mol. The number of benzene rings is 4. The molecule has 5 aromatic rings. The molecule has 0 radical (unpaired) electrons. The third kappa shape index (κ3) is 6.09. The second-order valence-corrected chi connectivity index (χ2v) is 10.5. The predicted molar refractivity (Wildman–Crippen MR) is 159 cm³/mol. The van der Waals surface area contributed by atoms with Crippen molar-refractivity contribution in [1.29, 1.82) is 0 Å². The number of hydrogen-bond donors (Lipinski definition) is 0. The molecule has 1 aromatic heterocycles. The Morgan fingerprint density at radius 1 is 0.976 bits per heavy atom. The Hall–Kier alpha value is -4.03. The minimum Gasteiger partial charge on any atom is -0.493 e. The highest BCUT2D eigenvalue weighted by molar-refractivity contribution is 9.13. The highest BCUT2D eigenvalue weighted by atomic mass is 79.9. The molecule has 0 saturated carbocycles. The van der Waals surface area contributed by atoms with Gasteiger partial charge < -0.3 is 9.47 Å². The number of para-hydroxylation sites is 1. The Balaban J connectivity index is 1.59. The zero-order chi connectivity index (χ0) is 30.0. The van der Waals surface area contributed by atoms with E-state index in [0.717, 1.165) is 16.8 Å². The van der Waals surface area contributed by atoms with Gasteiger partial charge in [0.05, 0.1) is 34.3 Å². The van der Waals surface area contributed by atoms with E-state index in [2.05, 4.69) is 41.9 Å². The Morgan fingerprint density at radius 2 is 1.74 bits per heavy atom. The van der Waals surface area contributed by atoms with Crippen LogP contribution in [0.3, 0.4) is 0 Å². The molecule has 4 aromatic carbocycles. The maximum absolute atomic E-state index is 13.6. The van der Waals surface area contributed by atoms with Crippen molar-refractivity contribution < 1.29 is 27.0 Å². The number of methoxy groups -OCH3 is 1. The minimum absolute atomic E-state index is 0.0590. The van der Waals surface area contributed by atoms with Gasteiger partial charge in [0.25, 0.3) is 5.56 Å².